The third-order valence-corrected chi connectivity index (χ3v) is 1.97. The molecule has 1 aromatic carbocycles. The molecule has 0 amide bonds. The number of hydrogen-bond donors (Lipinski definition) is 2. The van der Waals surface area contributed by atoms with Gasteiger partial charge < -0.3 is 4.42 Å². The van der Waals surface area contributed by atoms with Gasteiger partial charge in [-0.1, -0.05) is 18.2 Å². The number of nitrogens with one attached hydrogen (secondary N) is 1. The lowest BCUT2D eigenvalue weighted by atomic mass is 10.2. The molecule has 1 heterocycles. The first-order valence-electron chi connectivity index (χ1n) is 3.77. The second kappa shape index (κ2) is 2.53. The summed E-state index contributed by atoms with van der Waals surface area (Å²) >= 11 is 0. The molecule has 3 heteroatoms. The summed E-state index contributed by atoms with van der Waals surface area (Å²) in [6, 6.07) is 7.84. The molecular weight excluding hydrogens is 152 g/mol. The summed E-state index contributed by atoms with van der Waals surface area (Å²) in [5.74, 6) is 5.91. The SMILES string of the molecule is Cc1c(NN)oc2ccccc12. The summed E-state index contributed by atoms with van der Waals surface area (Å²) in [4.78, 5) is 0. The van der Waals surface area contributed by atoms with Crippen molar-refractivity contribution in [3.05, 3.63) is 29.8 Å². The van der Waals surface area contributed by atoms with E-state index in [1.807, 2.05) is 31.2 Å². The van der Waals surface area contributed by atoms with Crippen LogP contribution in [0.25, 0.3) is 11.0 Å². The highest BCUT2D eigenvalue weighted by atomic mass is 16.4. The molecule has 2 aromatic rings. The van der Waals surface area contributed by atoms with Gasteiger partial charge in [-0.3, -0.25) is 5.43 Å². The number of anilines is 1. The Labute approximate surface area is 70.1 Å². The Balaban J connectivity index is 2.78. The summed E-state index contributed by atoms with van der Waals surface area (Å²) in [6.45, 7) is 1.97. The third-order valence-electron chi connectivity index (χ3n) is 1.97. The number of para-hydroxylation sites is 1. The minimum absolute atomic E-state index is 0.635. The van der Waals surface area contributed by atoms with Crippen LogP contribution in [0.5, 0.6) is 0 Å². The van der Waals surface area contributed by atoms with E-state index >= 15 is 0 Å². The molecule has 3 nitrogen and oxygen atoms in total. The normalized spacial score (nSPS) is 10.5. The Bertz CT molecular complexity index is 406. The van der Waals surface area contributed by atoms with Crippen LogP contribution in [-0.2, 0) is 0 Å². The van der Waals surface area contributed by atoms with Gasteiger partial charge >= 0.3 is 0 Å². The van der Waals surface area contributed by atoms with Crippen molar-refractivity contribution < 1.29 is 4.42 Å². The van der Waals surface area contributed by atoms with Crippen LogP contribution in [0.2, 0.25) is 0 Å². The van der Waals surface area contributed by atoms with Gasteiger partial charge in [-0.2, -0.15) is 0 Å². The van der Waals surface area contributed by atoms with Crippen LogP contribution in [0.4, 0.5) is 5.88 Å². The second-order valence-corrected chi connectivity index (χ2v) is 2.70. The molecule has 0 spiro atoms. The summed E-state index contributed by atoms with van der Waals surface area (Å²) in [5.41, 5.74) is 4.43. The number of benzene rings is 1. The zero-order valence-corrected chi connectivity index (χ0v) is 6.79. The van der Waals surface area contributed by atoms with Crippen molar-refractivity contribution in [2.45, 2.75) is 6.92 Å². The Morgan fingerprint density at radius 1 is 1.33 bits per heavy atom. The van der Waals surface area contributed by atoms with Crippen LogP contribution < -0.4 is 11.3 Å². The number of hydrogen-bond acceptors (Lipinski definition) is 3. The average molecular weight is 162 g/mol. The standard InChI is InChI=1S/C9H10N2O/c1-6-7-4-2-3-5-8(7)12-9(6)11-10/h2-5,11H,10H2,1H3. The van der Waals surface area contributed by atoms with Crippen LogP contribution in [0, 0.1) is 6.92 Å². The fourth-order valence-corrected chi connectivity index (χ4v) is 1.31. The van der Waals surface area contributed by atoms with Crippen molar-refractivity contribution in [1.29, 1.82) is 0 Å². The maximum Gasteiger partial charge on any atom is 0.211 e. The van der Waals surface area contributed by atoms with Crippen molar-refractivity contribution in [3.8, 4) is 0 Å². The van der Waals surface area contributed by atoms with Crippen molar-refractivity contribution in [2.75, 3.05) is 5.43 Å². The summed E-state index contributed by atoms with van der Waals surface area (Å²) in [5, 5.41) is 1.10. The quantitative estimate of drug-likeness (QED) is 0.498. The lowest BCUT2D eigenvalue weighted by Crippen LogP contribution is -2.06. The molecule has 62 valence electrons. The lowest BCUT2D eigenvalue weighted by Gasteiger charge is -1.92. The number of hydrazine groups is 1. The van der Waals surface area contributed by atoms with Crippen molar-refractivity contribution in [3.63, 3.8) is 0 Å². The molecule has 1 aromatic heterocycles. The van der Waals surface area contributed by atoms with Gasteiger partial charge in [0.25, 0.3) is 0 Å². The number of fused-ring (bicyclic) bond motifs is 1. The maximum atomic E-state index is 5.41. The molecule has 2 rings (SSSR count). The number of furan rings is 1. The molecule has 0 aliphatic heterocycles. The van der Waals surface area contributed by atoms with Gasteiger partial charge in [-0.05, 0) is 13.0 Å². The number of nitrogens with two attached hydrogens (primary N) is 1. The van der Waals surface area contributed by atoms with Crippen molar-refractivity contribution >= 4 is 16.9 Å². The molecule has 0 aliphatic carbocycles. The van der Waals surface area contributed by atoms with Gasteiger partial charge in [0.05, 0.1) is 0 Å². The molecule has 0 atom stereocenters. The second-order valence-electron chi connectivity index (χ2n) is 2.70. The van der Waals surface area contributed by atoms with Gasteiger partial charge in [0.1, 0.15) is 5.58 Å². The van der Waals surface area contributed by atoms with E-state index < -0.39 is 0 Å². The predicted molar refractivity (Wildman–Crippen MR) is 48.8 cm³/mol. The smallest absolute Gasteiger partial charge is 0.211 e. The van der Waals surface area contributed by atoms with E-state index in [0.29, 0.717) is 5.88 Å². The number of aryl methyl sites for hydroxylation is 1. The summed E-state index contributed by atoms with van der Waals surface area (Å²) < 4.78 is 5.41. The fourth-order valence-electron chi connectivity index (χ4n) is 1.31. The topological polar surface area (TPSA) is 51.2 Å². The third kappa shape index (κ3) is 0.871. The molecular formula is C9H10N2O. The first-order valence-corrected chi connectivity index (χ1v) is 3.77. The van der Waals surface area contributed by atoms with Crippen LogP contribution >= 0.6 is 0 Å². The van der Waals surface area contributed by atoms with E-state index in [1.165, 1.54) is 0 Å². The zero-order valence-electron chi connectivity index (χ0n) is 6.79. The Kier molecular flexibility index (Phi) is 1.52. The van der Waals surface area contributed by atoms with Crippen molar-refractivity contribution in [2.24, 2.45) is 5.84 Å². The minimum atomic E-state index is 0.635. The van der Waals surface area contributed by atoms with Crippen molar-refractivity contribution in [1.82, 2.24) is 0 Å². The van der Waals surface area contributed by atoms with Gasteiger partial charge in [0.2, 0.25) is 5.88 Å². The van der Waals surface area contributed by atoms with E-state index in [2.05, 4.69) is 5.43 Å². The van der Waals surface area contributed by atoms with E-state index in [4.69, 9.17) is 10.3 Å². The Hall–Kier alpha value is -1.48. The highest BCUT2D eigenvalue weighted by Gasteiger charge is 2.06. The molecule has 0 saturated carbocycles. The molecule has 12 heavy (non-hydrogen) atoms. The fraction of sp³-hybridized carbons (Fsp3) is 0.111. The van der Waals surface area contributed by atoms with Gasteiger partial charge in [0, 0.05) is 10.9 Å². The maximum absolute atomic E-state index is 5.41. The van der Waals surface area contributed by atoms with Gasteiger partial charge in [-0.25, -0.2) is 5.84 Å². The predicted octanol–water partition coefficient (Wildman–Crippen LogP) is 2.03. The first-order chi connectivity index (χ1) is 5.83. The minimum Gasteiger partial charge on any atom is -0.439 e. The number of rotatable bonds is 1. The van der Waals surface area contributed by atoms with E-state index in [9.17, 15) is 0 Å². The molecule has 0 radical (unpaired) electrons. The zero-order chi connectivity index (χ0) is 8.55. The van der Waals surface area contributed by atoms with Gasteiger partial charge in [0.15, 0.2) is 0 Å². The van der Waals surface area contributed by atoms with E-state index in [-0.39, 0.29) is 0 Å². The molecule has 0 aliphatic rings. The summed E-state index contributed by atoms with van der Waals surface area (Å²) in [6.07, 6.45) is 0. The largest absolute Gasteiger partial charge is 0.439 e. The molecule has 0 bridgehead atoms. The molecule has 3 N–H and O–H groups in total. The lowest BCUT2D eigenvalue weighted by molar-refractivity contribution is 0.626. The monoisotopic (exact) mass is 162 g/mol. The molecule has 0 saturated heterocycles. The Morgan fingerprint density at radius 2 is 2.08 bits per heavy atom. The highest BCUT2D eigenvalue weighted by molar-refractivity contribution is 5.85. The Morgan fingerprint density at radius 3 is 2.75 bits per heavy atom. The highest BCUT2D eigenvalue weighted by Crippen LogP contribution is 2.27. The number of nitrogen functional groups attached to an aromatic ring is 1. The molecule has 0 unspecified atom stereocenters. The molecule has 0 fully saturated rings. The van der Waals surface area contributed by atoms with E-state index in [0.717, 1.165) is 16.5 Å². The summed E-state index contributed by atoms with van der Waals surface area (Å²) in [7, 11) is 0. The van der Waals surface area contributed by atoms with Gasteiger partial charge in [-0.15, -0.1) is 0 Å². The van der Waals surface area contributed by atoms with Crippen LogP contribution in [0.1, 0.15) is 5.56 Å². The van der Waals surface area contributed by atoms with Crippen LogP contribution in [-0.4, -0.2) is 0 Å². The average Bonchev–Trinajstić information content (AvgIpc) is 2.44. The van der Waals surface area contributed by atoms with Crippen LogP contribution in [0.3, 0.4) is 0 Å². The van der Waals surface area contributed by atoms with E-state index in [1.54, 1.807) is 0 Å². The first kappa shape index (κ1) is 7.18. The van der Waals surface area contributed by atoms with Crippen LogP contribution in [0.15, 0.2) is 28.7 Å².